The first-order valence-electron chi connectivity index (χ1n) is 6.07. The molecule has 0 saturated carbocycles. The van der Waals surface area contributed by atoms with E-state index in [4.69, 9.17) is 5.73 Å². The van der Waals surface area contributed by atoms with Crippen molar-refractivity contribution in [2.75, 3.05) is 7.11 Å². The van der Waals surface area contributed by atoms with Crippen LogP contribution in [-0.4, -0.2) is 31.1 Å². The summed E-state index contributed by atoms with van der Waals surface area (Å²) < 4.78 is 4.64. The lowest BCUT2D eigenvalue weighted by Gasteiger charge is -2.21. The van der Waals surface area contributed by atoms with Gasteiger partial charge in [0.05, 0.1) is 13.2 Å². The Morgan fingerprint density at radius 1 is 1.35 bits per heavy atom. The fourth-order valence-electron chi connectivity index (χ4n) is 1.44. The van der Waals surface area contributed by atoms with E-state index in [2.05, 4.69) is 10.1 Å². The molecule has 2 unspecified atom stereocenters. The molecular formula is C12H24N2O3. The van der Waals surface area contributed by atoms with Crippen LogP contribution in [-0.2, 0) is 14.3 Å². The Bertz CT molecular complexity index is 254. The molecule has 100 valence electrons. The Kier molecular flexibility index (Phi) is 7.54. The molecule has 0 rings (SSSR count). The molecule has 0 bridgehead atoms. The van der Waals surface area contributed by atoms with Crippen LogP contribution in [0.15, 0.2) is 0 Å². The molecule has 0 aromatic heterocycles. The summed E-state index contributed by atoms with van der Waals surface area (Å²) in [5, 5.41) is 2.64. The second-order valence-electron chi connectivity index (χ2n) is 4.50. The Hall–Kier alpha value is -1.10. The molecule has 0 radical (unpaired) electrons. The van der Waals surface area contributed by atoms with Gasteiger partial charge in [-0.1, -0.05) is 33.6 Å². The van der Waals surface area contributed by atoms with Crippen LogP contribution >= 0.6 is 0 Å². The van der Waals surface area contributed by atoms with E-state index in [1.807, 2.05) is 20.8 Å². The van der Waals surface area contributed by atoms with E-state index in [1.54, 1.807) is 0 Å². The molecule has 0 aliphatic carbocycles. The van der Waals surface area contributed by atoms with Crippen molar-refractivity contribution in [1.29, 1.82) is 0 Å². The van der Waals surface area contributed by atoms with Crippen molar-refractivity contribution in [3.8, 4) is 0 Å². The standard InChI is InChI=1S/C12H24N2O3/c1-5-6-7-9(13)11(15)14-10(8(2)3)12(16)17-4/h8-10H,5-7,13H2,1-4H3,(H,14,15). The number of unbranched alkanes of at least 4 members (excludes halogenated alkanes) is 1. The second-order valence-corrected chi connectivity index (χ2v) is 4.50. The first-order valence-corrected chi connectivity index (χ1v) is 6.07. The van der Waals surface area contributed by atoms with Gasteiger partial charge in [-0.15, -0.1) is 0 Å². The third kappa shape index (κ3) is 5.68. The Morgan fingerprint density at radius 2 is 1.94 bits per heavy atom. The molecule has 0 heterocycles. The summed E-state index contributed by atoms with van der Waals surface area (Å²) in [7, 11) is 1.31. The van der Waals surface area contributed by atoms with Crippen molar-refractivity contribution in [2.24, 2.45) is 11.7 Å². The summed E-state index contributed by atoms with van der Waals surface area (Å²) in [5.41, 5.74) is 5.73. The average molecular weight is 244 g/mol. The highest BCUT2D eigenvalue weighted by Gasteiger charge is 2.26. The largest absolute Gasteiger partial charge is 0.467 e. The van der Waals surface area contributed by atoms with Gasteiger partial charge in [0.25, 0.3) is 0 Å². The van der Waals surface area contributed by atoms with Crippen LogP contribution in [0.1, 0.15) is 40.0 Å². The number of nitrogens with two attached hydrogens (primary N) is 1. The maximum Gasteiger partial charge on any atom is 0.328 e. The lowest BCUT2D eigenvalue weighted by atomic mass is 10.0. The Morgan fingerprint density at radius 3 is 2.35 bits per heavy atom. The number of amides is 1. The summed E-state index contributed by atoms with van der Waals surface area (Å²) in [4.78, 5) is 23.2. The summed E-state index contributed by atoms with van der Waals surface area (Å²) in [5.74, 6) is -0.747. The summed E-state index contributed by atoms with van der Waals surface area (Å²) >= 11 is 0. The normalized spacial score (nSPS) is 14.2. The molecule has 17 heavy (non-hydrogen) atoms. The number of hydrogen-bond donors (Lipinski definition) is 2. The SMILES string of the molecule is CCCCC(N)C(=O)NC(C(=O)OC)C(C)C. The molecule has 0 fully saturated rings. The fraction of sp³-hybridized carbons (Fsp3) is 0.833. The van der Waals surface area contributed by atoms with Gasteiger partial charge in [0.1, 0.15) is 6.04 Å². The van der Waals surface area contributed by atoms with E-state index < -0.39 is 18.1 Å². The number of esters is 1. The first-order chi connectivity index (χ1) is 7.93. The van der Waals surface area contributed by atoms with E-state index >= 15 is 0 Å². The maximum absolute atomic E-state index is 11.7. The number of nitrogens with one attached hydrogen (secondary N) is 1. The topological polar surface area (TPSA) is 81.4 Å². The first kappa shape index (κ1) is 15.9. The van der Waals surface area contributed by atoms with Crippen molar-refractivity contribution >= 4 is 11.9 Å². The van der Waals surface area contributed by atoms with Crippen molar-refractivity contribution in [3.63, 3.8) is 0 Å². The van der Waals surface area contributed by atoms with Gasteiger partial charge in [0, 0.05) is 0 Å². The summed E-state index contributed by atoms with van der Waals surface area (Å²) in [6.07, 6.45) is 2.53. The third-order valence-corrected chi connectivity index (χ3v) is 2.62. The molecule has 0 aromatic rings. The van der Waals surface area contributed by atoms with Crippen LogP contribution in [0.25, 0.3) is 0 Å². The lowest BCUT2D eigenvalue weighted by Crippen LogP contribution is -2.50. The average Bonchev–Trinajstić information content (AvgIpc) is 2.31. The third-order valence-electron chi connectivity index (χ3n) is 2.62. The predicted octanol–water partition coefficient (Wildman–Crippen LogP) is 0.818. The Balaban J connectivity index is 4.35. The fourth-order valence-corrected chi connectivity index (χ4v) is 1.44. The minimum absolute atomic E-state index is 0.0234. The van der Waals surface area contributed by atoms with Crippen LogP contribution in [0, 0.1) is 5.92 Å². The molecule has 1 amide bonds. The molecule has 0 saturated heterocycles. The molecule has 0 aromatic carbocycles. The van der Waals surface area contributed by atoms with E-state index in [0.29, 0.717) is 6.42 Å². The predicted molar refractivity (Wildman–Crippen MR) is 66.3 cm³/mol. The van der Waals surface area contributed by atoms with Gasteiger partial charge in [-0.25, -0.2) is 4.79 Å². The molecule has 5 nitrogen and oxygen atoms in total. The van der Waals surface area contributed by atoms with Gasteiger partial charge in [0.15, 0.2) is 0 Å². The van der Waals surface area contributed by atoms with Crippen molar-refractivity contribution in [3.05, 3.63) is 0 Å². The van der Waals surface area contributed by atoms with Gasteiger partial charge in [0.2, 0.25) is 5.91 Å². The molecule has 0 aliphatic rings. The highest BCUT2D eigenvalue weighted by atomic mass is 16.5. The number of methoxy groups -OCH3 is 1. The highest BCUT2D eigenvalue weighted by molar-refractivity contribution is 5.87. The number of hydrogen-bond acceptors (Lipinski definition) is 4. The number of ether oxygens (including phenoxy) is 1. The van der Waals surface area contributed by atoms with Crippen molar-refractivity contribution < 1.29 is 14.3 Å². The minimum atomic E-state index is -0.625. The zero-order valence-corrected chi connectivity index (χ0v) is 11.2. The number of carbonyl (C=O) groups excluding carboxylic acids is 2. The summed E-state index contributed by atoms with van der Waals surface area (Å²) in [6.45, 7) is 5.73. The Labute approximate surface area is 103 Å². The van der Waals surface area contributed by atoms with Gasteiger partial charge in [-0.3, -0.25) is 4.79 Å². The monoisotopic (exact) mass is 244 g/mol. The lowest BCUT2D eigenvalue weighted by molar-refractivity contribution is -0.146. The number of rotatable bonds is 7. The van der Waals surface area contributed by atoms with Gasteiger partial charge in [-0.2, -0.15) is 0 Å². The van der Waals surface area contributed by atoms with E-state index in [1.165, 1.54) is 7.11 Å². The highest BCUT2D eigenvalue weighted by Crippen LogP contribution is 2.05. The molecule has 0 spiro atoms. The van der Waals surface area contributed by atoms with Gasteiger partial charge >= 0.3 is 5.97 Å². The molecule has 5 heteroatoms. The molecule has 0 aliphatic heterocycles. The molecule has 2 atom stereocenters. The molecule has 3 N–H and O–H groups in total. The van der Waals surface area contributed by atoms with Crippen LogP contribution in [0.2, 0.25) is 0 Å². The summed E-state index contributed by atoms with van der Waals surface area (Å²) in [6, 6.07) is -1.18. The van der Waals surface area contributed by atoms with Crippen molar-refractivity contribution in [2.45, 2.75) is 52.1 Å². The smallest absolute Gasteiger partial charge is 0.328 e. The zero-order valence-electron chi connectivity index (χ0n) is 11.2. The maximum atomic E-state index is 11.7. The van der Waals surface area contributed by atoms with E-state index in [-0.39, 0.29) is 11.8 Å². The van der Waals surface area contributed by atoms with E-state index in [9.17, 15) is 9.59 Å². The van der Waals surface area contributed by atoms with Crippen LogP contribution < -0.4 is 11.1 Å². The zero-order chi connectivity index (χ0) is 13.4. The van der Waals surface area contributed by atoms with E-state index in [0.717, 1.165) is 12.8 Å². The second kappa shape index (κ2) is 8.06. The number of carbonyl (C=O) groups is 2. The van der Waals surface area contributed by atoms with Crippen molar-refractivity contribution in [1.82, 2.24) is 5.32 Å². The quantitative estimate of drug-likeness (QED) is 0.650. The van der Waals surface area contributed by atoms with Gasteiger partial charge < -0.3 is 15.8 Å². The minimum Gasteiger partial charge on any atom is -0.467 e. The van der Waals surface area contributed by atoms with Crippen LogP contribution in [0.3, 0.4) is 0 Å². The van der Waals surface area contributed by atoms with Crippen LogP contribution in [0.4, 0.5) is 0 Å². The van der Waals surface area contributed by atoms with Crippen LogP contribution in [0.5, 0.6) is 0 Å². The van der Waals surface area contributed by atoms with Gasteiger partial charge in [-0.05, 0) is 12.3 Å². The molecular weight excluding hydrogens is 220 g/mol.